The summed E-state index contributed by atoms with van der Waals surface area (Å²) in [7, 11) is 0. The van der Waals surface area contributed by atoms with Gasteiger partial charge in [-0.3, -0.25) is 9.59 Å². The Kier molecular flexibility index (Phi) is 3.64. The van der Waals surface area contributed by atoms with E-state index in [0.717, 1.165) is 12.3 Å². The van der Waals surface area contributed by atoms with Gasteiger partial charge in [-0.25, -0.2) is 0 Å². The molecular formula is C14H22O4. The van der Waals surface area contributed by atoms with Crippen molar-refractivity contribution in [3.8, 4) is 0 Å². The van der Waals surface area contributed by atoms with Crippen molar-refractivity contribution in [1.82, 2.24) is 0 Å². The molecule has 1 N–H and O–H groups in total. The van der Waals surface area contributed by atoms with Crippen LogP contribution in [0.4, 0.5) is 0 Å². The number of carbonyl (C=O) groups is 2. The summed E-state index contributed by atoms with van der Waals surface area (Å²) in [5.74, 6) is 0.0673. The second-order valence-electron chi connectivity index (χ2n) is 6.27. The van der Waals surface area contributed by atoms with Crippen LogP contribution in [-0.4, -0.2) is 22.6 Å². The molecule has 3 aliphatic rings. The summed E-state index contributed by atoms with van der Waals surface area (Å²) in [6.07, 6.45) is 5.66. The van der Waals surface area contributed by atoms with Gasteiger partial charge in [0.1, 0.15) is 12.0 Å². The molecule has 102 valence electrons. The molecule has 18 heavy (non-hydrogen) atoms. The van der Waals surface area contributed by atoms with Gasteiger partial charge in [0.05, 0.1) is 0 Å². The normalized spacial score (nSPS) is 31.1. The number of rotatable bonds is 4. The van der Waals surface area contributed by atoms with E-state index in [1.165, 1.54) is 25.7 Å². The molecule has 4 heteroatoms. The Morgan fingerprint density at radius 2 is 1.83 bits per heavy atom. The van der Waals surface area contributed by atoms with Crippen LogP contribution in [-0.2, 0) is 14.3 Å². The zero-order chi connectivity index (χ0) is 13.3. The summed E-state index contributed by atoms with van der Waals surface area (Å²) in [6, 6.07) is 0. The van der Waals surface area contributed by atoms with E-state index in [9.17, 15) is 9.59 Å². The average Bonchev–Trinajstić information content (AvgIpc) is 2.28. The van der Waals surface area contributed by atoms with Crippen LogP contribution in [0.3, 0.4) is 0 Å². The van der Waals surface area contributed by atoms with Gasteiger partial charge in [-0.1, -0.05) is 12.8 Å². The van der Waals surface area contributed by atoms with Gasteiger partial charge in [0, 0.05) is 5.92 Å². The molecule has 3 fully saturated rings. The molecule has 4 nitrogen and oxygen atoms in total. The summed E-state index contributed by atoms with van der Waals surface area (Å²) in [5, 5.41) is 8.60. The largest absolute Gasteiger partial charge is 0.481 e. The fraction of sp³-hybridized carbons (Fsp3) is 0.857. The second-order valence-corrected chi connectivity index (χ2v) is 6.27. The van der Waals surface area contributed by atoms with E-state index < -0.39 is 24.0 Å². The summed E-state index contributed by atoms with van der Waals surface area (Å²) < 4.78 is 5.42. The molecule has 1 unspecified atom stereocenters. The van der Waals surface area contributed by atoms with Gasteiger partial charge < -0.3 is 9.84 Å². The Morgan fingerprint density at radius 3 is 2.28 bits per heavy atom. The van der Waals surface area contributed by atoms with Crippen molar-refractivity contribution in [3.63, 3.8) is 0 Å². The molecule has 3 rings (SSSR count). The molecule has 0 aliphatic heterocycles. The van der Waals surface area contributed by atoms with Crippen molar-refractivity contribution in [2.75, 3.05) is 0 Å². The second kappa shape index (κ2) is 4.90. The Balaban J connectivity index is 1.97. The quantitative estimate of drug-likeness (QED) is 0.618. The lowest BCUT2D eigenvalue weighted by molar-refractivity contribution is -0.171. The molecule has 0 aromatic carbocycles. The van der Waals surface area contributed by atoms with Gasteiger partial charge in [0.2, 0.25) is 0 Å². The highest BCUT2D eigenvalue weighted by atomic mass is 16.6. The van der Waals surface area contributed by atoms with Crippen LogP contribution in [0, 0.1) is 17.8 Å². The minimum absolute atomic E-state index is 0.391. The highest BCUT2D eigenvalue weighted by molar-refractivity contribution is 5.90. The van der Waals surface area contributed by atoms with Gasteiger partial charge in [-0.2, -0.15) is 0 Å². The summed E-state index contributed by atoms with van der Waals surface area (Å²) >= 11 is 0. The average molecular weight is 254 g/mol. The molecule has 3 aliphatic carbocycles. The first kappa shape index (κ1) is 13.4. The van der Waals surface area contributed by atoms with Crippen LogP contribution in [0.2, 0.25) is 0 Å². The highest BCUT2D eigenvalue weighted by Crippen LogP contribution is 2.49. The van der Waals surface area contributed by atoms with Crippen LogP contribution in [0.1, 0.15) is 52.4 Å². The minimum atomic E-state index is -1.12. The molecule has 0 heterocycles. The number of carboxylic acid groups (broad SMARTS) is 1. The van der Waals surface area contributed by atoms with E-state index in [-0.39, 0.29) is 0 Å². The first-order valence-corrected chi connectivity index (χ1v) is 6.82. The van der Waals surface area contributed by atoms with Gasteiger partial charge >= 0.3 is 11.9 Å². The first-order valence-electron chi connectivity index (χ1n) is 6.82. The lowest BCUT2D eigenvalue weighted by Crippen LogP contribution is -2.46. The Hall–Kier alpha value is -1.06. The standard InChI is InChI=1S/C14H22O4/c1-14(2,18-13(17)8-12(15)16)11-7-9-3-5-10(11)6-4-9/h9-11H,3-8H2,1-2H3,(H,15,16). The lowest BCUT2D eigenvalue weighted by Gasteiger charge is -2.48. The maximum absolute atomic E-state index is 11.5. The number of hydrogen-bond acceptors (Lipinski definition) is 3. The van der Waals surface area contributed by atoms with Crippen molar-refractivity contribution in [2.45, 2.75) is 58.0 Å². The number of ether oxygens (including phenoxy) is 1. The molecule has 0 radical (unpaired) electrons. The zero-order valence-electron chi connectivity index (χ0n) is 11.1. The molecular weight excluding hydrogens is 232 g/mol. The number of aliphatic carboxylic acids is 1. The predicted molar refractivity (Wildman–Crippen MR) is 66.0 cm³/mol. The fourth-order valence-electron chi connectivity index (χ4n) is 3.76. The van der Waals surface area contributed by atoms with E-state index in [0.29, 0.717) is 11.8 Å². The third kappa shape index (κ3) is 2.85. The van der Waals surface area contributed by atoms with Gasteiger partial charge in [-0.05, 0) is 44.9 Å². The van der Waals surface area contributed by atoms with Crippen LogP contribution < -0.4 is 0 Å². The van der Waals surface area contributed by atoms with Gasteiger partial charge in [0.15, 0.2) is 0 Å². The van der Waals surface area contributed by atoms with Crippen LogP contribution >= 0.6 is 0 Å². The first-order chi connectivity index (χ1) is 8.38. The number of esters is 1. The maximum Gasteiger partial charge on any atom is 0.317 e. The van der Waals surface area contributed by atoms with E-state index in [1.807, 2.05) is 13.8 Å². The van der Waals surface area contributed by atoms with Crippen LogP contribution in [0.5, 0.6) is 0 Å². The Bertz CT molecular complexity index is 340. The number of carboxylic acids is 1. The zero-order valence-corrected chi connectivity index (χ0v) is 11.1. The maximum atomic E-state index is 11.5. The highest BCUT2D eigenvalue weighted by Gasteiger charge is 2.45. The number of carbonyl (C=O) groups excluding carboxylic acids is 1. The fourth-order valence-corrected chi connectivity index (χ4v) is 3.76. The molecule has 1 atom stereocenters. The predicted octanol–water partition coefficient (Wildman–Crippen LogP) is 2.61. The van der Waals surface area contributed by atoms with E-state index in [2.05, 4.69) is 0 Å². The third-order valence-corrected chi connectivity index (χ3v) is 4.61. The van der Waals surface area contributed by atoms with Crippen molar-refractivity contribution in [1.29, 1.82) is 0 Å². The van der Waals surface area contributed by atoms with Crippen molar-refractivity contribution in [2.24, 2.45) is 17.8 Å². The Labute approximate surface area is 108 Å². The van der Waals surface area contributed by atoms with E-state index in [4.69, 9.17) is 9.84 Å². The van der Waals surface area contributed by atoms with Crippen LogP contribution in [0.25, 0.3) is 0 Å². The molecule has 0 aromatic heterocycles. The summed E-state index contributed by atoms with van der Waals surface area (Å²) in [5.41, 5.74) is -0.531. The SMILES string of the molecule is CC(C)(OC(=O)CC(=O)O)C1CC2CCC1CC2. The number of fused-ring (bicyclic) bond motifs is 3. The van der Waals surface area contributed by atoms with E-state index >= 15 is 0 Å². The monoisotopic (exact) mass is 254 g/mol. The smallest absolute Gasteiger partial charge is 0.317 e. The molecule has 0 saturated heterocycles. The van der Waals surface area contributed by atoms with Crippen molar-refractivity contribution >= 4 is 11.9 Å². The van der Waals surface area contributed by atoms with Crippen molar-refractivity contribution in [3.05, 3.63) is 0 Å². The van der Waals surface area contributed by atoms with Gasteiger partial charge in [-0.15, -0.1) is 0 Å². The topological polar surface area (TPSA) is 63.6 Å². The summed E-state index contributed by atoms with van der Waals surface area (Å²) in [6.45, 7) is 3.86. The Morgan fingerprint density at radius 1 is 1.22 bits per heavy atom. The van der Waals surface area contributed by atoms with Crippen LogP contribution in [0.15, 0.2) is 0 Å². The molecule has 0 spiro atoms. The number of hydrogen-bond donors (Lipinski definition) is 1. The minimum Gasteiger partial charge on any atom is -0.481 e. The summed E-state index contributed by atoms with van der Waals surface area (Å²) in [4.78, 5) is 22.0. The van der Waals surface area contributed by atoms with Gasteiger partial charge in [0.25, 0.3) is 0 Å². The van der Waals surface area contributed by atoms with E-state index in [1.54, 1.807) is 0 Å². The molecule has 0 aromatic rings. The third-order valence-electron chi connectivity index (χ3n) is 4.61. The molecule has 3 saturated carbocycles. The molecule has 2 bridgehead atoms. The lowest BCUT2D eigenvalue weighted by atomic mass is 9.60. The van der Waals surface area contributed by atoms with Crippen molar-refractivity contribution < 1.29 is 19.4 Å². The molecule has 0 amide bonds.